The first kappa shape index (κ1) is 12.6. The van der Waals surface area contributed by atoms with E-state index in [2.05, 4.69) is 15.4 Å². The maximum atomic E-state index is 10.9. The summed E-state index contributed by atoms with van der Waals surface area (Å²) >= 11 is 0. The first-order valence-electron chi connectivity index (χ1n) is 6.40. The van der Waals surface area contributed by atoms with Crippen molar-refractivity contribution in [1.29, 1.82) is 0 Å². The van der Waals surface area contributed by atoms with Crippen LogP contribution in [0.5, 0.6) is 0 Å². The van der Waals surface area contributed by atoms with Gasteiger partial charge < -0.3 is 5.32 Å². The van der Waals surface area contributed by atoms with Gasteiger partial charge in [-0.1, -0.05) is 12.1 Å². The van der Waals surface area contributed by atoms with E-state index >= 15 is 0 Å². The number of rotatable bonds is 3. The maximum Gasteiger partial charge on any atom is 0.221 e. The van der Waals surface area contributed by atoms with Crippen LogP contribution in [0.15, 0.2) is 29.4 Å². The largest absolute Gasteiger partial charge is 0.326 e. The second-order valence-corrected chi connectivity index (χ2v) is 4.56. The van der Waals surface area contributed by atoms with Gasteiger partial charge in [-0.15, -0.1) is 0 Å². The first-order valence-corrected chi connectivity index (χ1v) is 6.40. The normalized spacial score (nSPS) is 15.9. The van der Waals surface area contributed by atoms with E-state index in [4.69, 9.17) is 0 Å². The molecule has 2 rings (SSSR count). The van der Waals surface area contributed by atoms with Gasteiger partial charge in [0.25, 0.3) is 0 Å². The molecule has 0 radical (unpaired) electrons. The molecule has 4 nitrogen and oxygen atoms in total. The molecule has 0 spiro atoms. The van der Waals surface area contributed by atoms with E-state index in [0.717, 1.165) is 24.3 Å². The molecule has 96 valence electrons. The van der Waals surface area contributed by atoms with Gasteiger partial charge >= 0.3 is 0 Å². The number of nitrogens with zero attached hydrogens (tertiary/aromatic N) is 2. The molecule has 1 heterocycles. The number of carbonyl (C=O) groups excluding carboxylic acids is 1. The molecule has 1 aromatic carbocycles. The Bertz CT molecular complexity index is 419. The number of hydrazone groups is 1. The Morgan fingerprint density at radius 2 is 1.89 bits per heavy atom. The Balaban J connectivity index is 1.92. The van der Waals surface area contributed by atoms with Gasteiger partial charge in [0.1, 0.15) is 0 Å². The van der Waals surface area contributed by atoms with Crippen molar-refractivity contribution in [1.82, 2.24) is 5.01 Å². The third kappa shape index (κ3) is 3.87. The Labute approximate surface area is 108 Å². The molecule has 0 aliphatic carbocycles. The van der Waals surface area contributed by atoms with Crippen molar-refractivity contribution in [2.75, 3.05) is 18.4 Å². The van der Waals surface area contributed by atoms with Crippen LogP contribution in [-0.2, 0) is 4.79 Å². The summed E-state index contributed by atoms with van der Waals surface area (Å²) in [5, 5.41) is 9.32. The minimum Gasteiger partial charge on any atom is -0.326 e. The third-order valence-corrected chi connectivity index (χ3v) is 2.93. The molecular weight excluding hydrogens is 226 g/mol. The number of benzene rings is 1. The summed E-state index contributed by atoms with van der Waals surface area (Å²) in [6.07, 6.45) is 5.66. The van der Waals surface area contributed by atoms with Crippen LogP contribution in [0.25, 0.3) is 0 Å². The van der Waals surface area contributed by atoms with Crippen molar-refractivity contribution in [3.05, 3.63) is 29.8 Å². The second-order valence-electron chi connectivity index (χ2n) is 4.56. The molecule has 1 amide bonds. The number of amides is 1. The fourth-order valence-electron chi connectivity index (χ4n) is 2.00. The Kier molecular flexibility index (Phi) is 4.34. The van der Waals surface area contributed by atoms with Crippen LogP contribution in [0.2, 0.25) is 0 Å². The smallest absolute Gasteiger partial charge is 0.221 e. The first-order chi connectivity index (χ1) is 8.74. The lowest BCUT2D eigenvalue weighted by molar-refractivity contribution is -0.114. The average molecular weight is 245 g/mol. The quantitative estimate of drug-likeness (QED) is 0.831. The Hall–Kier alpha value is -1.84. The predicted octanol–water partition coefficient (Wildman–Crippen LogP) is 2.46. The minimum absolute atomic E-state index is 0.0512. The lowest BCUT2D eigenvalue weighted by Gasteiger charge is -2.23. The zero-order valence-corrected chi connectivity index (χ0v) is 10.7. The summed E-state index contributed by atoms with van der Waals surface area (Å²) in [7, 11) is 0. The van der Waals surface area contributed by atoms with Crippen molar-refractivity contribution in [3.8, 4) is 0 Å². The SMILES string of the molecule is CC(=O)Nc1ccc(C=NN2CCCCC2)cc1. The molecule has 1 aliphatic rings. The summed E-state index contributed by atoms with van der Waals surface area (Å²) < 4.78 is 0. The van der Waals surface area contributed by atoms with Crippen LogP contribution >= 0.6 is 0 Å². The van der Waals surface area contributed by atoms with Crippen LogP contribution < -0.4 is 5.32 Å². The van der Waals surface area contributed by atoms with Crippen molar-refractivity contribution >= 4 is 17.8 Å². The number of nitrogens with one attached hydrogen (secondary N) is 1. The van der Waals surface area contributed by atoms with E-state index in [-0.39, 0.29) is 5.91 Å². The van der Waals surface area contributed by atoms with E-state index in [9.17, 15) is 4.79 Å². The second kappa shape index (κ2) is 6.19. The lowest BCUT2D eigenvalue weighted by Crippen LogP contribution is -2.24. The summed E-state index contributed by atoms with van der Waals surface area (Å²) in [5.74, 6) is -0.0512. The van der Waals surface area contributed by atoms with Crippen molar-refractivity contribution in [2.24, 2.45) is 5.10 Å². The summed E-state index contributed by atoms with van der Waals surface area (Å²) in [6.45, 7) is 3.62. The Morgan fingerprint density at radius 3 is 2.50 bits per heavy atom. The highest BCUT2D eigenvalue weighted by molar-refractivity contribution is 5.89. The van der Waals surface area contributed by atoms with Crippen molar-refractivity contribution in [3.63, 3.8) is 0 Å². The number of piperidine rings is 1. The molecule has 1 fully saturated rings. The van der Waals surface area contributed by atoms with Crippen molar-refractivity contribution < 1.29 is 4.79 Å². The zero-order chi connectivity index (χ0) is 12.8. The fourth-order valence-corrected chi connectivity index (χ4v) is 2.00. The van der Waals surface area contributed by atoms with E-state index in [0.29, 0.717) is 0 Å². The molecule has 0 unspecified atom stereocenters. The molecule has 1 saturated heterocycles. The van der Waals surface area contributed by atoms with Gasteiger partial charge in [-0.2, -0.15) is 5.10 Å². The maximum absolute atomic E-state index is 10.9. The molecule has 1 aromatic rings. The summed E-state index contributed by atoms with van der Waals surface area (Å²) in [5.41, 5.74) is 1.87. The van der Waals surface area contributed by atoms with Crippen LogP contribution in [0.3, 0.4) is 0 Å². The molecule has 0 saturated carbocycles. The molecule has 0 aromatic heterocycles. The highest BCUT2D eigenvalue weighted by Crippen LogP contribution is 2.10. The van der Waals surface area contributed by atoms with Crippen LogP contribution in [0.1, 0.15) is 31.7 Å². The van der Waals surface area contributed by atoms with Gasteiger partial charge in [-0.3, -0.25) is 9.80 Å². The average Bonchev–Trinajstić information content (AvgIpc) is 2.38. The highest BCUT2D eigenvalue weighted by Gasteiger charge is 2.05. The van der Waals surface area contributed by atoms with Gasteiger partial charge in [0.15, 0.2) is 0 Å². The van der Waals surface area contributed by atoms with Crippen LogP contribution in [-0.4, -0.2) is 30.2 Å². The fraction of sp³-hybridized carbons (Fsp3) is 0.429. The van der Waals surface area contributed by atoms with Gasteiger partial charge in [0, 0.05) is 25.7 Å². The minimum atomic E-state index is -0.0512. The number of hydrogen-bond donors (Lipinski definition) is 1. The number of anilines is 1. The molecular formula is C14H19N3O. The molecule has 18 heavy (non-hydrogen) atoms. The molecule has 0 atom stereocenters. The standard InChI is InChI=1S/C14H19N3O/c1-12(18)16-14-7-5-13(6-8-14)11-15-17-9-3-2-4-10-17/h5-8,11H,2-4,9-10H2,1H3,(H,16,18). The van der Waals surface area contributed by atoms with Gasteiger partial charge in [-0.05, 0) is 37.0 Å². The van der Waals surface area contributed by atoms with E-state index in [1.54, 1.807) is 0 Å². The molecule has 1 aliphatic heterocycles. The topological polar surface area (TPSA) is 44.7 Å². The predicted molar refractivity (Wildman–Crippen MR) is 73.8 cm³/mol. The zero-order valence-electron chi connectivity index (χ0n) is 10.7. The molecule has 0 bridgehead atoms. The van der Waals surface area contributed by atoms with Crippen molar-refractivity contribution in [2.45, 2.75) is 26.2 Å². The Morgan fingerprint density at radius 1 is 1.22 bits per heavy atom. The molecule has 1 N–H and O–H groups in total. The van der Waals surface area contributed by atoms with E-state index < -0.39 is 0 Å². The summed E-state index contributed by atoms with van der Waals surface area (Å²) in [6, 6.07) is 7.69. The number of hydrogen-bond acceptors (Lipinski definition) is 3. The third-order valence-electron chi connectivity index (χ3n) is 2.93. The van der Waals surface area contributed by atoms with Gasteiger partial charge in [0.05, 0.1) is 6.21 Å². The summed E-state index contributed by atoms with van der Waals surface area (Å²) in [4.78, 5) is 10.9. The van der Waals surface area contributed by atoms with Gasteiger partial charge in [-0.25, -0.2) is 0 Å². The van der Waals surface area contributed by atoms with E-state index in [1.165, 1.54) is 26.2 Å². The number of carbonyl (C=O) groups is 1. The van der Waals surface area contributed by atoms with Crippen LogP contribution in [0.4, 0.5) is 5.69 Å². The lowest BCUT2D eigenvalue weighted by atomic mass is 10.2. The monoisotopic (exact) mass is 245 g/mol. The van der Waals surface area contributed by atoms with E-state index in [1.807, 2.05) is 30.5 Å². The molecule has 4 heteroatoms. The van der Waals surface area contributed by atoms with Crippen LogP contribution in [0, 0.1) is 0 Å². The van der Waals surface area contributed by atoms with Gasteiger partial charge in [0.2, 0.25) is 5.91 Å². The highest BCUT2D eigenvalue weighted by atomic mass is 16.1.